The van der Waals surface area contributed by atoms with E-state index >= 15 is 0 Å². The maximum absolute atomic E-state index is 13.5. The van der Waals surface area contributed by atoms with Gasteiger partial charge in [0, 0.05) is 25.4 Å². The van der Waals surface area contributed by atoms with Crippen molar-refractivity contribution >= 4 is 5.91 Å². The zero-order chi connectivity index (χ0) is 20.2. The molecular weight excluding hydrogens is 375 g/mol. The fourth-order valence-electron chi connectivity index (χ4n) is 3.70. The molecule has 0 bridgehead atoms. The van der Waals surface area contributed by atoms with Gasteiger partial charge in [-0.05, 0) is 36.6 Å². The highest BCUT2D eigenvalue weighted by atomic mass is 19.1. The molecule has 0 fully saturated rings. The average molecular weight is 398 g/mol. The van der Waals surface area contributed by atoms with Gasteiger partial charge in [-0.25, -0.2) is 13.9 Å². The molecule has 1 aliphatic rings. The van der Waals surface area contributed by atoms with E-state index in [2.05, 4.69) is 15.5 Å². The van der Waals surface area contributed by atoms with Gasteiger partial charge in [0.25, 0.3) is 0 Å². The van der Waals surface area contributed by atoms with Crippen molar-refractivity contribution < 1.29 is 9.18 Å². The first-order valence-electron chi connectivity index (χ1n) is 9.79. The second kappa shape index (κ2) is 8.42. The lowest BCUT2D eigenvalue weighted by atomic mass is 10.1. The summed E-state index contributed by atoms with van der Waals surface area (Å²) in [6.45, 7) is 1.16. The first kappa shape index (κ1) is 19.1. The van der Waals surface area contributed by atoms with Crippen LogP contribution >= 0.6 is 0 Å². The Morgan fingerprint density at radius 3 is 2.97 bits per heavy atom. The van der Waals surface area contributed by atoms with Crippen molar-refractivity contribution in [1.29, 1.82) is 0 Å². The van der Waals surface area contributed by atoms with Crippen molar-refractivity contribution in [2.45, 2.75) is 44.8 Å². The Morgan fingerprint density at radius 2 is 2.17 bits per heavy atom. The summed E-state index contributed by atoms with van der Waals surface area (Å²) in [6.07, 6.45) is 6.47. The predicted octanol–water partition coefficient (Wildman–Crippen LogP) is 1.51. The molecule has 3 aromatic rings. The van der Waals surface area contributed by atoms with E-state index in [4.69, 9.17) is 0 Å². The molecule has 29 heavy (non-hydrogen) atoms. The summed E-state index contributed by atoms with van der Waals surface area (Å²) in [5.41, 5.74) is 0.318. The largest absolute Gasteiger partial charge is 0.352 e. The summed E-state index contributed by atoms with van der Waals surface area (Å²) in [5.74, 6) is 0.0644. The van der Waals surface area contributed by atoms with E-state index in [1.807, 2.05) is 12.3 Å². The first-order valence-corrected chi connectivity index (χ1v) is 9.79. The van der Waals surface area contributed by atoms with E-state index in [0.717, 1.165) is 12.8 Å². The van der Waals surface area contributed by atoms with Crippen molar-refractivity contribution in [2.75, 3.05) is 6.54 Å². The molecule has 0 saturated carbocycles. The molecule has 1 amide bonds. The smallest absolute Gasteiger partial charge is 0.346 e. The highest BCUT2D eigenvalue weighted by Crippen LogP contribution is 2.21. The lowest BCUT2D eigenvalue weighted by Crippen LogP contribution is -2.39. The van der Waals surface area contributed by atoms with E-state index < -0.39 is 6.04 Å². The number of carbonyl (C=O) groups excluding carboxylic acids is 1. The van der Waals surface area contributed by atoms with E-state index in [9.17, 15) is 14.0 Å². The topological polar surface area (TPSA) is 86.7 Å². The molecule has 0 saturated heterocycles. The Bertz CT molecular complexity index is 1040. The Morgan fingerprint density at radius 1 is 1.28 bits per heavy atom. The number of benzene rings is 1. The van der Waals surface area contributed by atoms with Crippen molar-refractivity contribution in [1.82, 2.24) is 29.4 Å². The molecule has 0 radical (unpaired) electrons. The van der Waals surface area contributed by atoms with Gasteiger partial charge in [0.1, 0.15) is 17.7 Å². The molecule has 1 aromatic carbocycles. The number of halogens is 1. The van der Waals surface area contributed by atoms with Crippen LogP contribution in [0.4, 0.5) is 4.39 Å². The monoisotopic (exact) mass is 398 g/mol. The molecule has 152 valence electrons. The molecular formula is C20H23FN6O2. The minimum absolute atomic E-state index is 0.171. The lowest BCUT2D eigenvalue weighted by Gasteiger charge is -2.16. The van der Waals surface area contributed by atoms with Crippen molar-refractivity contribution in [3.63, 3.8) is 0 Å². The van der Waals surface area contributed by atoms with Gasteiger partial charge in [0.05, 0.1) is 13.1 Å². The summed E-state index contributed by atoms with van der Waals surface area (Å²) in [5, 5.41) is 11.5. The second-order valence-corrected chi connectivity index (χ2v) is 7.18. The number of nitrogens with zero attached hydrogens (tertiary/aromatic N) is 5. The van der Waals surface area contributed by atoms with Gasteiger partial charge in [0.2, 0.25) is 5.91 Å². The highest BCUT2D eigenvalue weighted by molar-refractivity contribution is 5.80. The van der Waals surface area contributed by atoms with Crippen LogP contribution in [0.15, 0.2) is 47.5 Å². The minimum Gasteiger partial charge on any atom is -0.352 e. The molecule has 1 aliphatic heterocycles. The molecule has 8 nitrogen and oxygen atoms in total. The Balaban J connectivity index is 1.52. The number of nitrogens with one attached hydrogen (secondary N) is 1. The van der Waals surface area contributed by atoms with Gasteiger partial charge in [-0.1, -0.05) is 18.6 Å². The van der Waals surface area contributed by atoms with Crippen LogP contribution in [0.5, 0.6) is 0 Å². The number of rotatable bonds is 6. The predicted molar refractivity (Wildman–Crippen MR) is 104 cm³/mol. The maximum atomic E-state index is 13.5. The molecule has 0 aliphatic carbocycles. The van der Waals surface area contributed by atoms with E-state index in [1.165, 1.54) is 21.4 Å². The van der Waals surface area contributed by atoms with Crippen LogP contribution in [0.3, 0.4) is 0 Å². The van der Waals surface area contributed by atoms with Gasteiger partial charge in [-0.3, -0.25) is 14.0 Å². The van der Waals surface area contributed by atoms with Gasteiger partial charge < -0.3 is 5.32 Å². The SMILES string of the molecule is O=C(NCCn1cccn1)C1CCCCc2nn(Cc3cccc(F)c3)c(=O)n21. The van der Waals surface area contributed by atoms with E-state index in [1.54, 1.807) is 23.0 Å². The fraction of sp³-hybridized carbons (Fsp3) is 0.400. The van der Waals surface area contributed by atoms with Crippen LogP contribution in [0.1, 0.15) is 36.7 Å². The Labute approximate surface area is 167 Å². The number of fused-ring (bicyclic) bond motifs is 1. The maximum Gasteiger partial charge on any atom is 0.346 e. The van der Waals surface area contributed by atoms with Crippen LogP contribution in [-0.2, 0) is 24.3 Å². The summed E-state index contributed by atoms with van der Waals surface area (Å²) in [4.78, 5) is 25.8. The summed E-state index contributed by atoms with van der Waals surface area (Å²) >= 11 is 0. The van der Waals surface area contributed by atoms with E-state index in [-0.39, 0.29) is 24.0 Å². The third-order valence-corrected chi connectivity index (χ3v) is 5.10. The second-order valence-electron chi connectivity index (χ2n) is 7.18. The third-order valence-electron chi connectivity index (χ3n) is 5.10. The van der Waals surface area contributed by atoms with Crippen molar-refractivity contribution in [3.05, 3.63) is 70.4 Å². The molecule has 0 spiro atoms. The fourth-order valence-corrected chi connectivity index (χ4v) is 3.70. The number of carbonyl (C=O) groups is 1. The average Bonchev–Trinajstić information content (AvgIpc) is 3.25. The van der Waals surface area contributed by atoms with Crippen LogP contribution in [0, 0.1) is 5.82 Å². The Hall–Kier alpha value is -3.23. The zero-order valence-corrected chi connectivity index (χ0v) is 16.0. The van der Waals surface area contributed by atoms with Gasteiger partial charge >= 0.3 is 5.69 Å². The van der Waals surface area contributed by atoms with E-state index in [0.29, 0.717) is 37.3 Å². The van der Waals surface area contributed by atoms with Crippen molar-refractivity contribution in [3.8, 4) is 0 Å². The quantitative estimate of drug-likeness (QED) is 0.682. The lowest BCUT2D eigenvalue weighted by molar-refractivity contribution is -0.124. The zero-order valence-electron chi connectivity index (χ0n) is 16.0. The molecule has 1 unspecified atom stereocenters. The molecule has 1 atom stereocenters. The van der Waals surface area contributed by atoms with Gasteiger partial charge in [0.15, 0.2) is 0 Å². The summed E-state index contributed by atoms with van der Waals surface area (Å²) < 4.78 is 18.0. The molecule has 4 rings (SSSR count). The van der Waals surface area contributed by atoms with Crippen molar-refractivity contribution in [2.24, 2.45) is 0 Å². The minimum atomic E-state index is -0.584. The number of hydrogen-bond acceptors (Lipinski definition) is 4. The van der Waals surface area contributed by atoms with Crippen LogP contribution < -0.4 is 11.0 Å². The summed E-state index contributed by atoms with van der Waals surface area (Å²) in [6, 6.07) is 7.34. The Kier molecular flexibility index (Phi) is 5.55. The summed E-state index contributed by atoms with van der Waals surface area (Å²) in [7, 11) is 0. The van der Waals surface area contributed by atoms with Crippen LogP contribution in [-0.4, -0.2) is 36.6 Å². The highest BCUT2D eigenvalue weighted by Gasteiger charge is 2.29. The number of amides is 1. The molecule has 3 heterocycles. The third kappa shape index (κ3) is 4.28. The van der Waals surface area contributed by atoms with Gasteiger partial charge in [-0.2, -0.15) is 10.2 Å². The van der Waals surface area contributed by atoms with Crippen LogP contribution in [0.2, 0.25) is 0 Å². The van der Waals surface area contributed by atoms with Crippen LogP contribution in [0.25, 0.3) is 0 Å². The number of aryl methyl sites for hydroxylation is 1. The standard InChI is InChI=1S/C20H23FN6O2/c21-16-6-3-5-15(13-16)14-26-20(29)27-17(7-1-2-8-18(27)24-26)19(28)22-10-12-25-11-4-9-23-25/h3-6,9,11,13,17H,1-2,7-8,10,12,14H2,(H,22,28). The van der Waals surface area contributed by atoms with Gasteiger partial charge in [-0.15, -0.1) is 0 Å². The molecule has 2 aromatic heterocycles. The number of aromatic nitrogens is 5. The molecule has 1 N–H and O–H groups in total. The number of hydrogen-bond donors (Lipinski definition) is 1. The normalized spacial score (nSPS) is 16.2. The molecule has 9 heteroatoms. The first-order chi connectivity index (χ1) is 14.1.